The van der Waals surface area contributed by atoms with Gasteiger partial charge in [0.05, 0.1) is 16.8 Å². The summed E-state index contributed by atoms with van der Waals surface area (Å²) in [7, 11) is 0. The lowest BCUT2D eigenvalue weighted by Crippen LogP contribution is -2.29. The first kappa shape index (κ1) is 11.9. The number of nitrogens with zero attached hydrogens (tertiary/aromatic N) is 2. The first-order valence-electron chi connectivity index (χ1n) is 5.69. The minimum absolute atomic E-state index is 0.133. The molecule has 0 unspecified atom stereocenters. The van der Waals surface area contributed by atoms with Crippen LogP contribution < -0.4 is 4.90 Å². The molecular weight excluding hydrogens is 264 g/mol. The second-order valence-electron chi connectivity index (χ2n) is 4.31. The van der Waals surface area contributed by atoms with Crippen LogP contribution in [0.1, 0.15) is 26.3 Å². The molecule has 0 aliphatic carbocycles. The summed E-state index contributed by atoms with van der Waals surface area (Å²) in [5, 5.41) is 0.133. The zero-order chi connectivity index (χ0) is 13.6. The number of benzene rings is 1. The highest BCUT2D eigenvalue weighted by atomic mass is 35.5. The Kier molecular flexibility index (Phi) is 2.61. The van der Waals surface area contributed by atoms with Gasteiger partial charge in [0.1, 0.15) is 0 Å². The third-order valence-electron chi connectivity index (χ3n) is 3.02. The zero-order valence-corrected chi connectivity index (χ0v) is 10.8. The van der Waals surface area contributed by atoms with Gasteiger partial charge in [-0.3, -0.25) is 9.59 Å². The van der Waals surface area contributed by atoms with Gasteiger partial charge in [0, 0.05) is 6.20 Å². The van der Waals surface area contributed by atoms with Gasteiger partial charge in [-0.15, -0.1) is 0 Å². The third-order valence-corrected chi connectivity index (χ3v) is 3.31. The Morgan fingerprint density at radius 2 is 1.84 bits per heavy atom. The topological polar surface area (TPSA) is 50.3 Å². The number of aromatic nitrogens is 1. The number of aryl methyl sites for hydroxylation is 1. The molecule has 5 heteroatoms. The van der Waals surface area contributed by atoms with Gasteiger partial charge in [-0.25, -0.2) is 9.88 Å². The van der Waals surface area contributed by atoms with E-state index in [0.717, 1.165) is 10.5 Å². The second-order valence-corrected chi connectivity index (χ2v) is 4.67. The van der Waals surface area contributed by atoms with Crippen LogP contribution in [-0.4, -0.2) is 16.8 Å². The number of carbonyl (C=O) groups excluding carboxylic acids is 2. The maximum atomic E-state index is 12.3. The molecule has 0 bridgehead atoms. The van der Waals surface area contributed by atoms with Crippen LogP contribution in [0, 0.1) is 6.92 Å². The molecular formula is C14H9ClN2O2. The molecule has 1 aromatic carbocycles. The van der Waals surface area contributed by atoms with E-state index in [1.54, 1.807) is 30.3 Å². The molecule has 1 aliphatic heterocycles. The van der Waals surface area contributed by atoms with E-state index in [0.29, 0.717) is 16.8 Å². The predicted octanol–water partition coefficient (Wildman–Crippen LogP) is 2.84. The molecule has 0 saturated heterocycles. The van der Waals surface area contributed by atoms with E-state index in [9.17, 15) is 9.59 Å². The number of anilines is 1. The minimum Gasteiger partial charge on any atom is -0.268 e. The highest BCUT2D eigenvalue weighted by molar-refractivity contribution is 6.39. The average Bonchev–Trinajstić information content (AvgIpc) is 2.63. The van der Waals surface area contributed by atoms with E-state index in [1.807, 2.05) is 6.92 Å². The molecule has 2 aromatic rings. The molecule has 94 valence electrons. The highest BCUT2D eigenvalue weighted by Gasteiger charge is 2.37. The lowest BCUT2D eigenvalue weighted by Gasteiger charge is -2.14. The number of amides is 2. The van der Waals surface area contributed by atoms with Crippen molar-refractivity contribution in [2.45, 2.75) is 6.92 Å². The van der Waals surface area contributed by atoms with Crippen LogP contribution in [0.15, 0.2) is 36.5 Å². The summed E-state index contributed by atoms with van der Waals surface area (Å²) in [6, 6.07) is 8.41. The highest BCUT2D eigenvalue weighted by Crippen LogP contribution is 2.32. The smallest absolute Gasteiger partial charge is 0.266 e. The van der Waals surface area contributed by atoms with Crippen LogP contribution in [0.4, 0.5) is 5.69 Å². The summed E-state index contributed by atoms with van der Waals surface area (Å²) >= 11 is 5.95. The van der Waals surface area contributed by atoms with Crippen LogP contribution >= 0.6 is 11.6 Å². The van der Waals surface area contributed by atoms with Crippen LogP contribution in [0.3, 0.4) is 0 Å². The van der Waals surface area contributed by atoms with Crippen LogP contribution in [0.2, 0.25) is 5.15 Å². The molecule has 2 amide bonds. The Morgan fingerprint density at radius 1 is 1.11 bits per heavy atom. The number of imide groups is 1. The third kappa shape index (κ3) is 1.72. The van der Waals surface area contributed by atoms with Gasteiger partial charge >= 0.3 is 0 Å². The lowest BCUT2D eigenvalue weighted by molar-refractivity contribution is 0.0926. The fourth-order valence-electron chi connectivity index (χ4n) is 2.12. The SMILES string of the molecule is Cc1ccc2c(c1)C(=O)N(c1cccnc1Cl)C2=O. The molecule has 0 N–H and O–H groups in total. The van der Waals surface area contributed by atoms with E-state index in [-0.39, 0.29) is 17.0 Å². The van der Waals surface area contributed by atoms with Crippen LogP contribution in [0.5, 0.6) is 0 Å². The Bertz CT molecular complexity index is 712. The monoisotopic (exact) mass is 272 g/mol. The van der Waals surface area contributed by atoms with Gasteiger partial charge in [-0.2, -0.15) is 0 Å². The lowest BCUT2D eigenvalue weighted by atomic mass is 10.1. The van der Waals surface area contributed by atoms with Crippen molar-refractivity contribution in [3.05, 3.63) is 58.4 Å². The van der Waals surface area contributed by atoms with Crippen molar-refractivity contribution in [1.29, 1.82) is 0 Å². The fourth-order valence-corrected chi connectivity index (χ4v) is 2.32. The molecule has 1 aliphatic rings. The largest absolute Gasteiger partial charge is 0.268 e. The molecule has 2 heterocycles. The summed E-state index contributed by atoms with van der Waals surface area (Å²) < 4.78 is 0. The van der Waals surface area contributed by atoms with Crippen molar-refractivity contribution in [3.8, 4) is 0 Å². The van der Waals surface area contributed by atoms with Gasteiger partial charge < -0.3 is 0 Å². The number of hydrogen-bond acceptors (Lipinski definition) is 3. The van der Waals surface area contributed by atoms with Crippen molar-refractivity contribution in [2.24, 2.45) is 0 Å². The van der Waals surface area contributed by atoms with E-state index >= 15 is 0 Å². The number of carbonyl (C=O) groups is 2. The Labute approximate surface area is 114 Å². The minimum atomic E-state index is -0.366. The summed E-state index contributed by atoms with van der Waals surface area (Å²) in [5.74, 6) is -0.728. The first-order valence-corrected chi connectivity index (χ1v) is 6.07. The normalized spacial score (nSPS) is 13.9. The molecule has 0 atom stereocenters. The molecule has 0 spiro atoms. The first-order chi connectivity index (χ1) is 9.09. The number of pyridine rings is 1. The molecule has 0 saturated carbocycles. The van der Waals surface area contributed by atoms with Gasteiger partial charge in [-0.1, -0.05) is 23.2 Å². The summed E-state index contributed by atoms with van der Waals surface area (Å²) in [5.41, 5.74) is 2.05. The van der Waals surface area contributed by atoms with E-state index in [2.05, 4.69) is 4.98 Å². The molecule has 1 aromatic heterocycles. The van der Waals surface area contributed by atoms with Crippen molar-refractivity contribution in [2.75, 3.05) is 4.90 Å². The van der Waals surface area contributed by atoms with Crippen LogP contribution in [0.25, 0.3) is 0 Å². The van der Waals surface area contributed by atoms with Crippen molar-refractivity contribution in [1.82, 2.24) is 4.98 Å². The summed E-state index contributed by atoms with van der Waals surface area (Å²) in [6.07, 6.45) is 1.51. The molecule has 0 radical (unpaired) electrons. The van der Waals surface area contributed by atoms with Gasteiger partial charge in [0.25, 0.3) is 11.8 Å². The second kappa shape index (κ2) is 4.17. The maximum absolute atomic E-state index is 12.3. The molecule has 3 rings (SSSR count). The van der Waals surface area contributed by atoms with Gasteiger partial charge in [0.2, 0.25) is 0 Å². The number of fused-ring (bicyclic) bond motifs is 1. The standard InChI is InChI=1S/C14H9ClN2O2/c1-8-4-5-9-10(7-8)14(19)17(13(9)18)11-3-2-6-16-12(11)15/h2-7H,1H3. The van der Waals surface area contributed by atoms with E-state index in [1.165, 1.54) is 6.20 Å². The average molecular weight is 273 g/mol. The predicted molar refractivity (Wildman–Crippen MR) is 71.6 cm³/mol. The molecule has 19 heavy (non-hydrogen) atoms. The van der Waals surface area contributed by atoms with E-state index in [4.69, 9.17) is 11.6 Å². The Hall–Kier alpha value is -2.20. The fraction of sp³-hybridized carbons (Fsp3) is 0.0714. The van der Waals surface area contributed by atoms with Gasteiger partial charge in [-0.05, 0) is 31.2 Å². The summed E-state index contributed by atoms with van der Waals surface area (Å²) in [4.78, 5) is 29.6. The van der Waals surface area contributed by atoms with Crippen molar-refractivity contribution in [3.63, 3.8) is 0 Å². The maximum Gasteiger partial charge on any atom is 0.266 e. The quantitative estimate of drug-likeness (QED) is 0.592. The Balaban J connectivity index is 2.16. The van der Waals surface area contributed by atoms with Gasteiger partial charge in [0.15, 0.2) is 5.15 Å². The van der Waals surface area contributed by atoms with Crippen molar-refractivity contribution >= 4 is 29.1 Å². The molecule has 0 fully saturated rings. The van der Waals surface area contributed by atoms with E-state index < -0.39 is 0 Å². The van der Waals surface area contributed by atoms with Crippen LogP contribution in [-0.2, 0) is 0 Å². The summed E-state index contributed by atoms with van der Waals surface area (Å²) in [6.45, 7) is 1.87. The molecule has 4 nitrogen and oxygen atoms in total. The number of hydrogen-bond donors (Lipinski definition) is 0. The zero-order valence-electron chi connectivity index (χ0n) is 10.1. The Morgan fingerprint density at radius 3 is 2.58 bits per heavy atom. The number of halogens is 1. The van der Waals surface area contributed by atoms with Crippen molar-refractivity contribution < 1.29 is 9.59 Å². The number of rotatable bonds is 1.